The molecule has 0 spiro atoms. The molecule has 0 fully saturated rings. The van der Waals surface area contributed by atoms with Crippen LogP contribution in [-0.4, -0.2) is 0 Å². The van der Waals surface area contributed by atoms with Crippen molar-refractivity contribution in [2.24, 2.45) is 5.92 Å². The minimum Gasteiger partial charge on any atom is -0.0775 e. The number of unbranched alkanes of at least 4 members (excludes halogenated alkanes) is 1. The second kappa shape index (κ2) is 7.17. The van der Waals surface area contributed by atoms with Crippen molar-refractivity contribution in [3.05, 3.63) is 11.1 Å². The monoisotopic (exact) mass is 182 g/mol. The molecule has 0 aromatic heterocycles. The second-order valence-corrected chi connectivity index (χ2v) is 4.40. The van der Waals surface area contributed by atoms with Crippen molar-refractivity contribution < 1.29 is 0 Å². The van der Waals surface area contributed by atoms with Gasteiger partial charge in [-0.2, -0.15) is 0 Å². The summed E-state index contributed by atoms with van der Waals surface area (Å²) in [5.74, 6) is 0.926. The number of hydrogen-bond donors (Lipinski definition) is 0. The lowest BCUT2D eigenvalue weighted by Crippen LogP contribution is -2.00. The summed E-state index contributed by atoms with van der Waals surface area (Å²) < 4.78 is 0. The predicted octanol–water partition coefficient (Wildman–Crippen LogP) is 4.95. The summed E-state index contributed by atoms with van der Waals surface area (Å²) in [6.07, 6.45) is 6.81. The first-order chi connectivity index (χ1) is 6.11. The van der Waals surface area contributed by atoms with Crippen LogP contribution in [-0.2, 0) is 0 Å². The lowest BCUT2D eigenvalue weighted by molar-refractivity contribution is 0.446. The van der Waals surface area contributed by atoms with Crippen molar-refractivity contribution in [1.82, 2.24) is 0 Å². The molecular weight excluding hydrogens is 156 g/mol. The molecule has 0 aromatic carbocycles. The molecule has 0 heterocycles. The normalized spacial score (nSPS) is 12.7. The van der Waals surface area contributed by atoms with Crippen LogP contribution in [0.2, 0.25) is 0 Å². The van der Waals surface area contributed by atoms with Crippen molar-refractivity contribution in [2.45, 2.75) is 66.7 Å². The highest BCUT2D eigenvalue weighted by molar-refractivity contribution is 5.07. The van der Waals surface area contributed by atoms with E-state index in [-0.39, 0.29) is 0 Å². The van der Waals surface area contributed by atoms with Crippen LogP contribution < -0.4 is 0 Å². The molecule has 0 amide bonds. The highest BCUT2D eigenvalue weighted by atomic mass is 14.1. The van der Waals surface area contributed by atoms with Crippen LogP contribution >= 0.6 is 0 Å². The molecule has 0 nitrogen and oxygen atoms in total. The standard InChI is InChI=1S/C13H26/c1-6-8-9-13(7-2)10-12(5)11(3)4/h13H,6-10H2,1-5H3. The molecule has 0 aliphatic carbocycles. The number of hydrogen-bond acceptors (Lipinski definition) is 0. The van der Waals surface area contributed by atoms with Crippen LogP contribution in [0.4, 0.5) is 0 Å². The molecule has 0 rings (SSSR count). The van der Waals surface area contributed by atoms with E-state index in [9.17, 15) is 0 Å². The SMILES string of the molecule is CCCCC(CC)CC(C)=C(C)C. The number of rotatable bonds is 6. The molecule has 1 atom stereocenters. The molecule has 0 bridgehead atoms. The van der Waals surface area contributed by atoms with E-state index in [0.29, 0.717) is 0 Å². The summed E-state index contributed by atoms with van der Waals surface area (Å²) in [5.41, 5.74) is 3.11. The van der Waals surface area contributed by atoms with Gasteiger partial charge in [0.05, 0.1) is 0 Å². The Morgan fingerprint density at radius 2 is 1.69 bits per heavy atom. The Kier molecular flexibility index (Phi) is 7.03. The van der Waals surface area contributed by atoms with Crippen LogP contribution in [0.3, 0.4) is 0 Å². The van der Waals surface area contributed by atoms with E-state index in [4.69, 9.17) is 0 Å². The van der Waals surface area contributed by atoms with Crippen molar-refractivity contribution in [2.75, 3.05) is 0 Å². The fourth-order valence-corrected chi connectivity index (χ4v) is 1.58. The zero-order valence-electron chi connectivity index (χ0n) is 10.1. The Hall–Kier alpha value is -0.260. The van der Waals surface area contributed by atoms with Gasteiger partial charge in [0.1, 0.15) is 0 Å². The van der Waals surface area contributed by atoms with E-state index in [2.05, 4.69) is 34.6 Å². The summed E-state index contributed by atoms with van der Waals surface area (Å²) >= 11 is 0. The van der Waals surface area contributed by atoms with E-state index >= 15 is 0 Å². The minimum absolute atomic E-state index is 0.926. The molecule has 0 aromatic rings. The van der Waals surface area contributed by atoms with Gasteiger partial charge in [-0.05, 0) is 33.1 Å². The van der Waals surface area contributed by atoms with Crippen LogP contribution in [0.15, 0.2) is 11.1 Å². The Labute approximate surface area is 84.4 Å². The zero-order chi connectivity index (χ0) is 10.3. The zero-order valence-corrected chi connectivity index (χ0v) is 10.1. The summed E-state index contributed by atoms with van der Waals surface area (Å²) in [6.45, 7) is 11.3. The summed E-state index contributed by atoms with van der Waals surface area (Å²) in [5, 5.41) is 0. The van der Waals surface area contributed by atoms with E-state index in [1.54, 1.807) is 5.57 Å². The van der Waals surface area contributed by atoms with Crippen molar-refractivity contribution in [3.63, 3.8) is 0 Å². The van der Waals surface area contributed by atoms with E-state index in [1.165, 1.54) is 37.7 Å². The molecular formula is C13H26. The van der Waals surface area contributed by atoms with Gasteiger partial charge in [0, 0.05) is 0 Å². The van der Waals surface area contributed by atoms with Gasteiger partial charge in [-0.3, -0.25) is 0 Å². The lowest BCUT2D eigenvalue weighted by atomic mass is 9.91. The van der Waals surface area contributed by atoms with Gasteiger partial charge >= 0.3 is 0 Å². The van der Waals surface area contributed by atoms with Gasteiger partial charge in [0.15, 0.2) is 0 Å². The van der Waals surface area contributed by atoms with Crippen LogP contribution in [0.1, 0.15) is 66.7 Å². The topological polar surface area (TPSA) is 0 Å². The molecule has 0 aliphatic heterocycles. The van der Waals surface area contributed by atoms with Crippen LogP contribution in [0.25, 0.3) is 0 Å². The average Bonchev–Trinajstić information content (AvgIpc) is 2.11. The maximum Gasteiger partial charge on any atom is -0.0292 e. The summed E-state index contributed by atoms with van der Waals surface area (Å²) in [6, 6.07) is 0. The van der Waals surface area contributed by atoms with Crippen molar-refractivity contribution in [3.8, 4) is 0 Å². The van der Waals surface area contributed by atoms with Crippen molar-refractivity contribution >= 4 is 0 Å². The van der Waals surface area contributed by atoms with E-state index in [1.807, 2.05) is 0 Å². The maximum atomic E-state index is 2.32. The quantitative estimate of drug-likeness (QED) is 0.510. The molecule has 78 valence electrons. The first-order valence-corrected chi connectivity index (χ1v) is 5.74. The lowest BCUT2D eigenvalue weighted by Gasteiger charge is -2.15. The smallest absolute Gasteiger partial charge is 0.0292 e. The van der Waals surface area contributed by atoms with Gasteiger partial charge in [0.2, 0.25) is 0 Å². The van der Waals surface area contributed by atoms with Gasteiger partial charge in [-0.15, -0.1) is 0 Å². The third kappa shape index (κ3) is 5.90. The Morgan fingerprint density at radius 1 is 1.08 bits per heavy atom. The van der Waals surface area contributed by atoms with Gasteiger partial charge in [-0.25, -0.2) is 0 Å². The molecule has 13 heavy (non-hydrogen) atoms. The first-order valence-electron chi connectivity index (χ1n) is 5.74. The second-order valence-electron chi connectivity index (χ2n) is 4.40. The molecule has 1 unspecified atom stereocenters. The van der Waals surface area contributed by atoms with Gasteiger partial charge in [0.25, 0.3) is 0 Å². The van der Waals surface area contributed by atoms with E-state index in [0.717, 1.165) is 5.92 Å². The average molecular weight is 182 g/mol. The van der Waals surface area contributed by atoms with Crippen LogP contribution in [0.5, 0.6) is 0 Å². The fourth-order valence-electron chi connectivity index (χ4n) is 1.58. The maximum absolute atomic E-state index is 2.32. The third-order valence-electron chi connectivity index (χ3n) is 2.99. The molecule has 0 aliphatic rings. The predicted molar refractivity (Wildman–Crippen MR) is 62.0 cm³/mol. The Balaban J connectivity index is 3.90. The molecule has 0 saturated heterocycles. The van der Waals surface area contributed by atoms with Crippen molar-refractivity contribution in [1.29, 1.82) is 0 Å². The molecule has 0 N–H and O–H groups in total. The first kappa shape index (κ1) is 12.7. The van der Waals surface area contributed by atoms with Gasteiger partial charge in [-0.1, -0.05) is 50.7 Å². The summed E-state index contributed by atoms with van der Waals surface area (Å²) in [7, 11) is 0. The Bertz CT molecular complexity index is 149. The highest BCUT2D eigenvalue weighted by Gasteiger charge is 2.06. The fraction of sp³-hybridized carbons (Fsp3) is 0.846. The third-order valence-corrected chi connectivity index (χ3v) is 2.99. The Morgan fingerprint density at radius 3 is 2.08 bits per heavy atom. The molecule has 0 heteroatoms. The number of allylic oxidation sites excluding steroid dienone is 2. The summed E-state index contributed by atoms with van der Waals surface area (Å²) in [4.78, 5) is 0. The molecule has 0 saturated carbocycles. The largest absolute Gasteiger partial charge is 0.0775 e. The molecule has 0 radical (unpaired) electrons. The highest BCUT2D eigenvalue weighted by Crippen LogP contribution is 2.22. The minimum atomic E-state index is 0.926. The van der Waals surface area contributed by atoms with Gasteiger partial charge < -0.3 is 0 Å². The van der Waals surface area contributed by atoms with Crippen LogP contribution in [0, 0.1) is 5.92 Å². The van der Waals surface area contributed by atoms with E-state index < -0.39 is 0 Å².